The lowest BCUT2D eigenvalue weighted by Crippen LogP contribution is -2.04. The van der Waals surface area contributed by atoms with E-state index in [2.05, 4.69) is 33.6 Å². The summed E-state index contributed by atoms with van der Waals surface area (Å²) in [5, 5.41) is 16.9. The van der Waals surface area contributed by atoms with Crippen molar-refractivity contribution in [3.05, 3.63) is 53.5 Å². The van der Waals surface area contributed by atoms with Gasteiger partial charge >= 0.3 is 0 Å². The normalized spacial score (nSPS) is 11.4. The van der Waals surface area contributed by atoms with Gasteiger partial charge in [-0.15, -0.1) is 15.3 Å². The van der Waals surface area contributed by atoms with Crippen LogP contribution >= 0.6 is 0 Å². The number of rotatable bonds is 3. The maximum absolute atomic E-state index is 5.89. The van der Waals surface area contributed by atoms with E-state index in [1.807, 2.05) is 37.3 Å². The molecule has 1 aromatic carbocycles. The van der Waals surface area contributed by atoms with Crippen LogP contribution in [0.2, 0.25) is 0 Å². The number of benzene rings is 1. The maximum atomic E-state index is 5.89. The van der Waals surface area contributed by atoms with Gasteiger partial charge in [-0.05, 0) is 32.0 Å². The summed E-state index contributed by atoms with van der Waals surface area (Å²) in [6, 6.07) is 11.8. The van der Waals surface area contributed by atoms with Crippen molar-refractivity contribution in [1.29, 1.82) is 0 Å². The number of aryl methyl sites for hydroxylation is 2. The van der Waals surface area contributed by atoms with Crippen LogP contribution in [0.5, 0.6) is 0 Å². The number of anilines is 1. The molecule has 1 N–H and O–H groups in total. The van der Waals surface area contributed by atoms with E-state index in [1.54, 1.807) is 4.52 Å². The number of fused-ring (bicyclic) bond motifs is 2. The molecule has 0 amide bonds. The van der Waals surface area contributed by atoms with Crippen molar-refractivity contribution < 1.29 is 4.42 Å². The zero-order chi connectivity index (χ0) is 15.1. The molecule has 22 heavy (non-hydrogen) atoms. The molecular weight excluding hydrogens is 278 g/mol. The standard InChI is InChI=1S/C16H15N5O/c1-10-12-5-3-4-6-13(12)22-14(10)9-17-15-7-8-16-19-18-11(2)21(16)20-15/h3-8H,9H2,1-2H3,(H,17,20). The van der Waals surface area contributed by atoms with E-state index in [1.165, 1.54) is 0 Å². The number of aromatic nitrogens is 4. The Morgan fingerprint density at radius 3 is 2.82 bits per heavy atom. The molecule has 3 heterocycles. The molecule has 0 aliphatic carbocycles. The van der Waals surface area contributed by atoms with Crippen LogP contribution in [-0.4, -0.2) is 19.8 Å². The first-order valence-corrected chi connectivity index (χ1v) is 7.12. The summed E-state index contributed by atoms with van der Waals surface area (Å²) >= 11 is 0. The van der Waals surface area contributed by atoms with E-state index >= 15 is 0 Å². The van der Waals surface area contributed by atoms with Crippen LogP contribution in [0.3, 0.4) is 0 Å². The minimum atomic E-state index is 0.584. The maximum Gasteiger partial charge on any atom is 0.178 e. The van der Waals surface area contributed by atoms with Crippen LogP contribution in [0.25, 0.3) is 16.6 Å². The summed E-state index contributed by atoms with van der Waals surface area (Å²) in [5.74, 6) is 2.44. The molecule has 0 atom stereocenters. The predicted molar refractivity (Wildman–Crippen MR) is 83.8 cm³/mol. The highest BCUT2D eigenvalue weighted by Gasteiger charge is 2.10. The molecule has 0 radical (unpaired) electrons. The van der Waals surface area contributed by atoms with Crippen LogP contribution in [0.4, 0.5) is 5.82 Å². The molecular formula is C16H15N5O. The lowest BCUT2D eigenvalue weighted by Gasteiger charge is -2.04. The molecule has 6 nitrogen and oxygen atoms in total. The van der Waals surface area contributed by atoms with Crippen molar-refractivity contribution in [2.45, 2.75) is 20.4 Å². The first kappa shape index (κ1) is 12.8. The Bertz CT molecular complexity index is 969. The van der Waals surface area contributed by atoms with Gasteiger partial charge in [0.1, 0.15) is 17.2 Å². The molecule has 0 fully saturated rings. The monoisotopic (exact) mass is 293 g/mol. The van der Waals surface area contributed by atoms with Gasteiger partial charge < -0.3 is 9.73 Å². The molecule has 4 rings (SSSR count). The SMILES string of the molecule is Cc1c(CNc2ccc3nnc(C)n3n2)oc2ccccc12. The van der Waals surface area contributed by atoms with Gasteiger partial charge in [0.25, 0.3) is 0 Å². The average molecular weight is 293 g/mol. The molecule has 0 saturated heterocycles. The second-order valence-electron chi connectivity index (χ2n) is 5.24. The first-order valence-electron chi connectivity index (χ1n) is 7.12. The van der Waals surface area contributed by atoms with Gasteiger partial charge in [-0.1, -0.05) is 18.2 Å². The highest BCUT2D eigenvalue weighted by atomic mass is 16.3. The molecule has 0 spiro atoms. The zero-order valence-corrected chi connectivity index (χ0v) is 12.4. The molecule has 0 unspecified atom stereocenters. The van der Waals surface area contributed by atoms with Crippen molar-refractivity contribution in [2.24, 2.45) is 0 Å². The van der Waals surface area contributed by atoms with E-state index < -0.39 is 0 Å². The van der Waals surface area contributed by atoms with Crippen LogP contribution < -0.4 is 5.32 Å². The van der Waals surface area contributed by atoms with E-state index in [-0.39, 0.29) is 0 Å². The number of hydrogen-bond acceptors (Lipinski definition) is 5. The molecule has 3 aromatic heterocycles. The van der Waals surface area contributed by atoms with Crippen LogP contribution in [-0.2, 0) is 6.54 Å². The fourth-order valence-electron chi connectivity index (χ4n) is 2.55. The van der Waals surface area contributed by atoms with Crippen molar-refractivity contribution in [1.82, 2.24) is 19.8 Å². The number of nitrogens with one attached hydrogen (secondary N) is 1. The van der Waals surface area contributed by atoms with Crippen molar-refractivity contribution in [3.8, 4) is 0 Å². The number of nitrogens with zero attached hydrogens (tertiary/aromatic N) is 4. The smallest absolute Gasteiger partial charge is 0.178 e. The molecule has 0 bridgehead atoms. The van der Waals surface area contributed by atoms with Gasteiger partial charge in [0, 0.05) is 10.9 Å². The Hall–Kier alpha value is -2.89. The van der Waals surface area contributed by atoms with Gasteiger partial charge in [0.05, 0.1) is 6.54 Å². The summed E-state index contributed by atoms with van der Waals surface area (Å²) in [6.07, 6.45) is 0. The van der Waals surface area contributed by atoms with E-state index in [0.29, 0.717) is 6.54 Å². The largest absolute Gasteiger partial charge is 0.459 e. The Kier molecular flexibility index (Phi) is 2.82. The fraction of sp³-hybridized carbons (Fsp3) is 0.188. The van der Waals surface area contributed by atoms with Crippen LogP contribution in [0.1, 0.15) is 17.1 Å². The van der Waals surface area contributed by atoms with Crippen LogP contribution in [0.15, 0.2) is 40.8 Å². The second-order valence-corrected chi connectivity index (χ2v) is 5.24. The molecule has 4 aromatic rings. The van der Waals surface area contributed by atoms with Crippen molar-refractivity contribution >= 4 is 22.4 Å². The van der Waals surface area contributed by atoms with Gasteiger partial charge in [-0.3, -0.25) is 0 Å². The quantitative estimate of drug-likeness (QED) is 0.628. The molecule has 0 aliphatic rings. The van der Waals surface area contributed by atoms with Crippen LogP contribution in [0, 0.1) is 13.8 Å². The summed E-state index contributed by atoms with van der Waals surface area (Å²) in [5.41, 5.74) is 2.81. The lowest BCUT2D eigenvalue weighted by atomic mass is 10.1. The van der Waals surface area contributed by atoms with Gasteiger partial charge in [-0.2, -0.15) is 4.52 Å². The molecule has 0 saturated carbocycles. The highest BCUT2D eigenvalue weighted by molar-refractivity contribution is 5.81. The predicted octanol–water partition coefficient (Wildman–Crippen LogP) is 3.10. The minimum absolute atomic E-state index is 0.584. The number of furan rings is 1. The lowest BCUT2D eigenvalue weighted by molar-refractivity contribution is 0.555. The Morgan fingerprint density at radius 1 is 1.09 bits per heavy atom. The Labute approximate surface area is 126 Å². The molecule has 110 valence electrons. The third-order valence-electron chi connectivity index (χ3n) is 3.79. The summed E-state index contributed by atoms with van der Waals surface area (Å²) in [6.45, 7) is 4.53. The molecule has 6 heteroatoms. The van der Waals surface area contributed by atoms with E-state index in [0.717, 1.165) is 39.6 Å². The third kappa shape index (κ3) is 2.00. The summed E-state index contributed by atoms with van der Waals surface area (Å²) in [4.78, 5) is 0. The average Bonchev–Trinajstić information content (AvgIpc) is 3.07. The topological polar surface area (TPSA) is 68.2 Å². The third-order valence-corrected chi connectivity index (χ3v) is 3.79. The van der Waals surface area contributed by atoms with Gasteiger partial charge in [0.2, 0.25) is 0 Å². The Balaban J connectivity index is 1.62. The summed E-state index contributed by atoms with van der Waals surface area (Å²) < 4.78 is 7.61. The van der Waals surface area contributed by atoms with Crippen molar-refractivity contribution in [3.63, 3.8) is 0 Å². The second kappa shape index (κ2) is 4.84. The van der Waals surface area contributed by atoms with Gasteiger partial charge in [-0.25, -0.2) is 0 Å². The fourth-order valence-corrected chi connectivity index (χ4v) is 2.55. The zero-order valence-electron chi connectivity index (χ0n) is 12.4. The highest BCUT2D eigenvalue weighted by Crippen LogP contribution is 2.25. The first-order chi connectivity index (χ1) is 10.7. The van der Waals surface area contributed by atoms with E-state index in [9.17, 15) is 0 Å². The Morgan fingerprint density at radius 2 is 1.95 bits per heavy atom. The van der Waals surface area contributed by atoms with Gasteiger partial charge in [0.15, 0.2) is 11.5 Å². The van der Waals surface area contributed by atoms with E-state index in [4.69, 9.17) is 4.42 Å². The molecule has 0 aliphatic heterocycles. The number of hydrogen-bond donors (Lipinski definition) is 1. The minimum Gasteiger partial charge on any atom is -0.459 e. The summed E-state index contributed by atoms with van der Waals surface area (Å²) in [7, 11) is 0. The van der Waals surface area contributed by atoms with Crippen molar-refractivity contribution in [2.75, 3.05) is 5.32 Å². The number of para-hydroxylation sites is 1.